The predicted octanol–water partition coefficient (Wildman–Crippen LogP) is 1.72. The van der Waals surface area contributed by atoms with Crippen LogP contribution in [-0.2, 0) is 6.54 Å². The number of aromatic nitrogens is 2. The topological polar surface area (TPSA) is 64.1 Å². The second kappa shape index (κ2) is 5.66. The molecule has 1 heterocycles. The minimum atomic E-state index is -0.461. The number of unbranched alkanes of at least 4 members (excludes halogenated alkanes) is 1. The number of hydrogen-bond acceptors (Lipinski definition) is 3. The van der Waals surface area contributed by atoms with Crippen LogP contribution in [0, 0.1) is 6.92 Å². The van der Waals surface area contributed by atoms with Crippen molar-refractivity contribution in [3.8, 4) is 0 Å². The van der Waals surface area contributed by atoms with Crippen LogP contribution in [0.25, 0.3) is 0 Å². The van der Waals surface area contributed by atoms with Gasteiger partial charge in [-0.25, -0.2) is 0 Å². The zero-order valence-electron chi connectivity index (χ0n) is 9.91. The molecule has 1 atom stereocenters. The lowest BCUT2D eigenvalue weighted by Gasteiger charge is -2.21. The summed E-state index contributed by atoms with van der Waals surface area (Å²) in [6.45, 7) is 4.62. The fourth-order valence-electron chi connectivity index (χ4n) is 1.49. The molecule has 92 valence electrons. The number of aryl methyl sites for hydroxylation is 2. The Bertz CT molecular complexity index is 316. The Labute approximate surface area is 101 Å². The summed E-state index contributed by atoms with van der Waals surface area (Å²) in [5.41, 5.74) is 6.23. The van der Waals surface area contributed by atoms with E-state index >= 15 is 0 Å². The zero-order valence-corrected chi connectivity index (χ0v) is 10.7. The van der Waals surface area contributed by atoms with E-state index in [9.17, 15) is 0 Å². The summed E-state index contributed by atoms with van der Waals surface area (Å²) in [5.74, 6) is 0. The molecule has 0 bridgehead atoms. The van der Waals surface area contributed by atoms with E-state index in [0.717, 1.165) is 31.5 Å². The van der Waals surface area contributed by atoms with Gasteiger partial charge in [-0.2, -0.15) is 5.10 Å². The van der Waals surface area contributed by atoms with Gasteiger partial charge >= 0.3 is 0 Å². The summed E-state index contributed by atoms with van der Waals surface area (Å²) < 4.78 is 1.85. The van der Waals surface area contributed by atoms with Crippen LogP contribution >= 0.6 is 11.6 Å². The Kier molecular flexibility index (Phi) is 4.77. The van der Waals surface area contributed by atoms with Gasteiger partial charge in [-0.1, -0.05) is 11.6 Å². The molecule has 0 fully saturated rings. The second-order valence-corrected chi connectivity index (χ2v) is 5.00. The molecule has 16 heavy (non-hydrogen) atoms. The molecule has 0 aliphatic rings. The predicted molar refractivity (Wildman–Crippen MR) is 65.5 cm³/mol. The van der Waals surface area contributed by atoms with Crippen molar-refractivity contribution < 1.29 is 5.11 Å². The number of aliphatic hydroxyl groups excluding tert-OH is 1. The molecule has 0 aromatic carbocycles. The number of nitrogens with two attached hydrogens (primary N) is 1. The highest BCUT2D eigenvalue weighted by Crippen LogP contribution is 2.14. The Morgan fingerprint density at radius 1 is 1.56 bits per heavy atom. The molecule has 3 N–H and O–H groups in total. The molecule has 0 amide bonds. The summed E-state index contributed by atoms with van der Waals surface area (Å²) >= 11 is 5.90. The van der Waals surface area contributed by atoms with Gasteiger partial charge in [0.25, 0.3) is 0 Å². The lowest BCUT2D eigenvalue weighted by molar-refractivity contribution is 0.197. The van der Waals surface area contributed by atoms with Crippen LogP contribution < -0.4 is 5.73 Å². The first-order chi connectivity index (χ1) is 7.44. The highest BCUT2D eigenvalue weighted by Gasteiger charge is 2.15. The van der Waals surface area contributed by atoms with E-state index in [0.29, 0.717) is 5.02 Å². The maximum Gasteiger partial charge on any atom is 0.0814 e. The molecule has 1 unspecified atom stereocenters. The van der Waals surface area contributed by atoms with Gasteiger partial charge in [-0.15, -0.1) is 0 Å². The molecular formula is C11H20ClN3O. The Morgan fingerprint density at radius 2 is 2.25 bits per heavy atom. The smallest absolute Gasteiger partial charge is 0.0814 e. The molecule has 0 aliphatic carbocycles. The van der Waals surface area contributed by atoms with E-state index in [4.69, 9.17) is 22.4 Å². The monoisotopic (exact) mass is 245 g/mol. The lowest BCUT2D eigenvalue weighted by atomic mass is 9.97. The van der Waals surface area contributed by atoms with Crippen molar-refractivity contribution in [3.05, 3.63) is 16.9 Å². The third-order valence-electron chi connectivity index (χ3n) is 2.63. The number of aliphatic hydroxyl groups is 1. The molecule has 4 nitrogen and oxygen atoms in total. The van der Waals surface area contributed by atoms with Crippen LogP contribution in [0.2, 0.25) is 5.02 Å². The summed E-state index contributed by atoms with van der Waals surface area (Å²) in [6.07, 6.45) is 4.62. The standard InChI is InChI=1S/C11H20ClN3O/c1-9-10(12)7-15(14-9)6-4-3-5-11(2,13)8-16/h7,16H,3-6,8,13H2,1-2H3. The maximum absolute atomic E-state index is 8.99. The van der Waals surface area contributed by atoms with Crippen LogP contribution in [0.5, 0.6) is 0 Å². The first-order valence-corrected chi connectivity index (χ1v) is 5.92. The molecule has 0 spiro atoms. The Morgan fingerprint density at radius 3 is 2.75 bits per heavy atom. The molecule has 0 saturated carbocycles. The van der Waals surface area contributed by atoms with Gasteiger partial charge in [0, 0.05) is 18.3 Å². The van der Waals surface area contributed by atoms with Crippen LogP contribution in [-0.4, -0.2) is 27.0 Å². The first-order valence-electron chi connectivity index (χ1n) is 5.54. The molecule has 1 aromatic rings. The molecular weight excluding hydrogens is 226 g/mol. The van der Waals surface area contributed by atoms with E-state index in [1.54, 1.807) is 0 Å². The van der Waals surface area contributed by atoms with Gasteiger partial charge < -0.3 is 10.8 Å². The Balaban J connectivity index is 2.26. The zero-order chi connectivity index (χ0) is 12.2. The number of rotatable bonds is 6. The second-order valence-electron chi connectivity index (χ2n) is 4.59. The van der Waals surface area contributed by atoms with E-state index in [1.807, 2.05) is 24.7 Å². The third-order valence-corrected chi connectivity index (χ3v) is 3.00. The van der Waals surface area contributed by atoms with Crippen molar-refractivity contribution in [2.75, 3.05) is 6.61 Å². The molecule has 5 heteroatoms. The van der Waals surface area contributed by atoms with Crippen molar-refractivity contribution >= 4 is 11.6 Å². The lowest BCUT2D eigenvalue weighted by Crippen LogP contribution is -2.39. The van der Waals surface area contributed by atoms with Crippen LogP contribution in [0.15, 0.2) is 6.20 Å². The minimum Gasteiger partial charge on any atom is -0.394 e. The Hall–Kier alpha value is -0.580. The van der Waals surface area contributed by atoms with E-state index in [-0.39, 0.29) is 6.61 Å². The number of halogens is 1. The van der Waals surface area contributed by atoms with E-state index in [2.05, 4.69) is 5.10 Å². The summed E-state index contributed by atoms with van der Waals surface area (Å²) in [5, 5.41) is 14.0. The molecule has 1 rings (SSSR count). The highest BCUT2D eigenvalue weighted by atomic mass is 35.5. The number of nitrogens with zero attached hydrogens (tertiary/aromatic N) is 2. The van der Waals surface area contributed by atoms with Crippen molar-refractivity contribution in [2.24, 2.45) is 5.73 Å². The van der Waals surface area contributed by atoms with Gasteiger partial charge in [-0.3, -0.25) is 4.68 Å². The molecule has 0 aliphatic heterocycles. The van der Waals surface area contributed by atoms with Crippen molar-refractivity contribution in [1.29, 1.82) is 0 Å². The van der Waals surface area contributed by atoms with Gasteiger partial charge in [-0.05, 0) is 33.1 Å². The van der Waals surface area contributed by atoms with Crippen molar-refractivity contribution in [3.63, 3.8) is 0 Å². The summed E-state index contributed by atoms with van der Waals surface area (Å²) in [7, 11) is 0. The van der Waals surface area contributed by atoms with Crippen LogP contribution in [0.3, 0.4) is 0 Å². The first kappa shape index (κ1) is 13.5. The van der Waals surface area contributed by atoms with Gasteiger partial charge in [0.1, 0.15) is 0 Å². The maximum atomic E-state index is 8.99. The third kappa shape index (κ3) is 4.12. The van der Waals surface area contributed by atoms with Crippen LogP contribution in [0.4, 0.5) is 0 Å². The van der Waals surface area contributed by atoms with Crippen molar-refractivity contribution in [2.45, 2.75) is 45.2 Å². The molecule has 1 aromatic heterocycles. The molecule has 0 saturated heterocycles. The van der Waals surface area contributed by atoms with E-state index < -0.39 is 5.54 Å². The van der Waals surface area contributed by atoms with Gasteiger partial charge in [0.2, 0.25) is 0 Å². The normalized spacial score (nSPS) is 15.1. The highest BCUT2D eigenvalue weighted by molar-refractivity contribution is 6.31. The van der Waals surface area contributed by atoms with Gasteiger partial charge in [0.15, 0.2) is 0 Å². The summed E-state index contributed by atoms with van der Waals surface area (Å²) in [4.78, 5) is 0. The van der Waals surface area contributed by atoms with Gasteiger partial charge in [0.05, 0.1) is 17.3 Å². The fourth-order valence-corrected chi connectivity index (χ4v) is 1.64. The quantitative estimate of drug-likeness (QED) is 0.751. The largest absolute Gasteiger partial charge is 0.394 e. The average Bonchev–Trinajstić information content (AvgIpc) is 2.54. The minimum absolute atomic E-state index is 0.0275. The fraction of sp³-hybridized carbons (Fsp3) is 0.727. The van der Waals surface area contributed by atoms with Crippen LogP contribution in [0.1, 0.15) is 31.9 Å². The summed E-state index contributed by atoms with van der Waals surface area (Å²) in [6, 6.07) is 0. The van der Waals surface area contributed by atoms with E-state index in [1.165, 1.54) is 0 Å². The average molecular weight is 246 g/mol. The van der Waals surface area contributed by atoms with Crippen molar-refractivity contribution in [1.82, 2.24) is 9.78 Å². The molecule has 0 radical (unpaired) electrons. The number of hydrogen-bond donors (Lipinski definition) is 2. The SMILES string of the molecule is Cc1nn(CCCCC(C)(N)CO)cc1Cl.